The van der Waals surface area contributed by atoms with Crippen LogP contribution in [0.4, 0.5) is 22.1 Å². The fourth-order valence-electron chi connectivity index (χ4n) is 3.83. The molecule has 0 spiro atoms. The zero-order chi connectivity index (χ0) is 22.9. The summed E-state index contributed by atoms with van der Waals surface area (Å²) in [5.74, 6) is 1.23. The van der Waals surface area contributed by atoms with Crippen LogP contribution in [0.3, 0.4) is 0 Å². The molecule has 2 aromatic rings. The van der Waals surface area contributed by atoms with Crippen LogP contribution in [0, 0.1) is 6.92 Å². The van der Waals surface area contributed by atoms with Crippen molar-refractivity contribution in [2.75, 3.05) is 29.9 Å². The smallest absolute Gasteiger partial charge is 0.410 e. The van der Waals surface area contributed by atoms with Gasteiger partial charge in [-0.2, -0.15) is 0 Å². The fraction of sp³-hybridized carbons (Fsp3) is 0.500. The van der Waals surface area contributed by atoms with Crippen molar-refractivity contribution in [3.8, 4) is 5.75 Å². The second kappa shape index (κ2) is 8.60. The standard InChI is InChI=1S/C22H28N6O4/c1-14-11-23-8-5-16(14)26-19-18-20(25-13-24-19)28(17(29)12-31-18)15-6-9-27(10-7-15)21(30)32-22(2,3)4/h5,8,11,13,15H,6-7,9-10,12H2,1-4H3,(H,23,24,25,26). The molecule has 2 amide bonds. The van der Waals surface area contributed by atoms with Gasteiger partial charge in [-0.05, 0) is 52.2 Å². The molecular formula is C22H28N6O4. The van der Waals surface area contributed by atoms with Crippen LogP contribution in [-0.4, -0.2) is 63.2 Å². The van der Waals surface area contributed by atoms with Crippen molar-refractivity contribution in [3.05, 3.63) is 30.4 Å². The summed E-state index contributed by atoms with van der Waals surface area (Å²) >= 11 is 0. The van der Waals surface area contributed by atoms with E-state index < -0.39 is 5.60 Å². The Morgan fingerprint density at radius 3 is 2.69 bits per heavy atom. The van der Waals surface area contributed by atoms with Gasteiger partial charge in [-0.3, -0.25) is 14.7 Å². The number of nitrogens with zero attached hydrogens (tertiary/aromatic N) is 5. The Bertz CT molecular complexity index is 1010. The van der Waals surface area contributed by atoms with E-state index in [0.29, 0.717) is 43.3 Å². The second-order valence-corrected chi connectivity index (χ2v) is 8.94. The summed E-state index contributed by atoms with van der Waals surface area (Å²) in [5.41, 5.74) is 1.26. The van der Waals surface area contributed by atoms with Gasteiger partial charge in [0.1, 0.15) is 11.9 Å². The normalized spacial score (nSPS) is 16.9. The highest BCUT2D eigenvalue weighted by molar-refractivity contribution is 5.98. The maximum Gasteiger partial charge on any atom is 0.410 e. The maximum atomic E-state index is 12.8. The minimum absolute atomic E-state index is 0.0866. The van der Waals surface area contributed by atoms with Crippen molar-refractivity contribution in [2.45, 2.75) is 52.2 Å². The van der Waals surface area contributed by atoms with Gasteiger partial charge in [0.2, 0.25) is 5.75 Å². The molecule has 1 saturated heterocycles. The molecule has 32 heavy (non-hydrogen) atoms. The zero-order valence-electron chi connectivity index (χ0n) is 18.8. The summed E-state index contributed by atoms with van der Waals surface area (Å²) in [7, 11) is 0. The number of likely N-dealkylation sites (tertiary alicyclic amines) is 1. The van der Waals surface area contributed by atoms with Crippen LogP contribution in [0.15, 0.2) is 24.8 Å². The molecule has 2 aliphatic heterocycles. The number of pyridine rings is 1. The highest BCUT2D eigenvalue weighted by atomic mass is 16.6. The van der Waals surface area contributed by atoms with Crippen molar-refractivity contribution in [1.29, 1.82) is 0 Å². The van der Waals surface area contributed by atoms with Gasteiger partial charge in [0.15, 0.2) is 18.2 Å². The summed E-state index contributed by atoms with van der Waals surface area (Å²) in [4.78, 5) is 41.3. The number of hydrogen-bond donors (Lipinski definition) is 1. The summed E-state index contributed by atoms with van der Waals surface area (Å²) in [6.07, 6.45) is 5.79. The maximum absolute atomic E-state index is 12.8. The molecule has 1 N–H and O–H groups in total. The Labute approximate surface area is 186 Å². The van der Waals surface area contributed by atoms with E-state index >= 15 is 0 Å². The van der Waals surface area contributed by atoms with Crippen molar-refractivity contribution in [3.63, 3.8) is 0 Å². The molecule has 4 rings (SSSR count). The Balaban J connectivity index is 1.52. The van der Waals surface area contributed by atoms with Crippen LogP contribution < -0.4 is 15.0 Å². The number of carbonyl (C=O) groups excluding carboxylic acids is 2. The SMILES string of the molecule is Cc1cnccc1Nc1ncnc2c1OCC(=O)N2C1CCN(C(=O)OC(C)(C)C)CC1. The second-order valence-electron chi connectivity index (χ2n) is 8.94. The Hall–Kier alpha value is -3.43. The minimum atomic E-state index is -0.541. The lowest BCUT2D eigenvalue weighted by molar-refractivity contribution is -0.122. The van der Waals surface area contributed by atoms with Crippen LogP contribution in [0.2, 0.25) is 0 Å². The highest BCUT2D eigenvalue weighted by Gasteiger charge is 2.37. The molecule has 0 aromatic carbocycles. The lowest BCUT2D eigenvalue weighted by Crippen LogP contribution is -2.52. The molecule has 0 radical (unpaired) electrons. The topological polar surface area (TPSA) is 110 Å². The van der Waals surface area contributed by atoms with Crippen molar-refractivity contribution in [2.24, 2.45) is 0 Å². The first-order chi connectivity index (χ1) is 15.2. The first-order valence-electron chi connectivity index (χ1n) is 10.7. The number of anilines is 3. The van der Waals surface area contributed by atoms with E-state index in [1.807, 2.05) is 33.8 Å². The monoisotopic (exact) mass is 440 g/mol. The van der Waals surface area contributed by atoms with Gasteiger partial charge in [-0.25, -0.2) is 14.8 Å². The molecule has 0 atom stereocenters. The number of amides is 2. The Morgan fingerprint density at radius 2 is 2.00 bits per heavy atom. The average Bonchev–Trinajstić information content (AvgIpc) is 2.74. The Kier molecular flexibility index (Phi) is 5.86. The molecule has 1 fully saturated rings. The predicted molar refractivity (Wildman–Crippen MR) is 118 cm³/mol. The quantitative estimate of drug-likeness (QED) is 0.776. The average molecular weight is 441 g/mol. The van der Waals surface area contributed by atoms with E-state index in [1.54, 1.807) is 22.2 Å². The number of piperidine rings is 1. The molecule has 0 unspecified atom stereocenters. The lowest BCUT2D eigenvalue weighted by Gasteiger charge is -2.40. The summed E-state index contributed by atoms with van der Waals surface area (Å²) < 4.78 is 11.2. The third-order valence-corrected chi connectivity index (χ3v) is 5.38. The van der Waals surface area contributed by atoms with Crippen LogP contribution in [0.5, 0.6) is 5.75 Å². The molecule has 10 nitrogen and oxygen atoms in total. The molecule has 2 aromatic heterocycles. The summed E-state index contributed by atoms with van der Waals surface area (Å²) in [5, 5.41) is 3.26. The molecule has 170 valence electrons. The van der Waals surface area contributed by atoms with E-state index in [9.17, 15) is 9.59 Å². The van der Waals surface area contributed by atoms with E-state index in [2.05, 4.69) is 20.3 Å². The molecule has 10 heteroatoms. The third-order valence-electron chi connectivity index (χ3n) is 5.38. The molecular weight excluding hydrogens is 412 g/mol. The number of ether oxygens (including phenoxy) is 2. The van der Waals surface area contributed by atoms with Crippen LogP contribution >= 0.6 is 0 Å². The fourth-order valence-corrected chi connectivity index (χ4v) is 3.83. The van der Waals surface area contributed by atoms with Gasteiger partial charge in [0.25, 0.3) is 5.91 Å². The van der Waals surface area contributed by atoms with Crippen LogP contribution in [-0.2, 0) is 9.53 Å². The predicted octanol–water partition coefficient (Wildman–Crippen LogP) is 3.05. The molecule has 0 bridgehead atoms. The third kappa shape index (κ3) is 4.58. The van der Waals surface area contributed by atoms with E-state index in [4.69, 9.17) is 9.47 Å². The zero-order valence-corrected chi connectivity index (χ0v) is 18.8. The number of fused-ring (bicyclic) bond motifs is 1. The largest absolute Gasteiger partial charge is 0.476 e. The van der Waals surface area contributed by atoms with E-state index in [0.717, 1.165) is 11.3 Å². The van der Waals surface area contributed by atoms with Gasteiger partial charge in [-0.1, -0.05) is 0 Å². The van der Waals surface area contributed by atoms with Crippen molar-refractivity contribution >= 4 is 29.3 Å². The molecule has 2 aliphatic rings. The molecule has 0 aliphatic carbocycles. The first-order valence-corrected chi connectivity index (χ1v) is 10.7. The van der Waals surface area contributed by atoms with Crippen LogP contribution in [0.1, 0.15) is 39.2 Å². The van der Waals surface area contributed by atoms with Gasteiger partial charge in [-0.15, -0.1) is 0 Å². The number of hydrogen-bond acceptors (Lipinski definition) is 8. The Morgan fingerprint density at radius 1 is 1.25 bits per heavy atom. The van der Waals surface area contributed by atoms with Gasteiger partial charge in [0, 0.05) is 37.2 Å². The minimum Gasteiger partial charge on any atom is -0.476 e. The highest BCUT2D eigenvalue weighted by Crippen LogP contribution is 2.39. The van der Waals surface area contributed by atoms with Crippen LogP contribution in [0.25, 0.3) is 0 Å². The first kappa shape index (κ1) is 21.8. The van der Waals surface area contributed by atoms with Gasteiger partial charge >= 0.3 is 6.09 Å². The number of carbonyl (C=O) groups is 2. The lowest BCUT2D eigenvalue weighted by atomic mass is 10.0. The number of nitrogens with one attached hydrogen (secondary N) is 1. The van der Waals surface area contributed by atoms with Crippen molar-refractivity contribution in [1.82, 2.24) is 19.9 Å². The van der Waals surface area contributed by atoms with Crippen molar-refractivity contribution < 1.29 is 19.1 Å². The molecule has 0 saturated carbocycles. The molecule has 4 heterocycles. The van der Waals surface area contributed by atoms with E-state index in [-0.39, 0.29) is 24.6 Å². The summed E-state index contributed by atoms with van der Waals surface area (Å²) in [6.45, 7) is 8.41. The van der Waals surface area contributed by atoms with E-state index in [1.165, 1.54) is 6.33 Å². The number of rotatable bonds is 3. The number of aryl methyl sites for hydroxylation is 1. The van der Waals surface area contributed by atoms with Gasteiger partial charge in [0.05, 0.1) is 0 Å². The van der Waals surface area contributed by atoms with Gasteiger partial charge < -0.3 is 19.7 Å². The number of aromatic nitrogens is 3. The summed E-state index contributed by atoms with van der Waals surface area (Å²) in [6, 6.07) is 1.76.